The molecule has 1 aromatic carbocycles. The van der Waals surface area contributed by atoms with Crippen molar-refractivity contribution in [2.75, 3.05) is 0 Å². The maximum Gasteiger partial charge on any atom is 0.277 e. The molecule has 1 aliphatic heterocycles. The number of fused-ring (bicyclic) bond motifs is 2. The lowest BCUT2D eigenvalue weighted by Gasteiger charge is -2.18. The largest absolute Gasteiger partial charge is 0.490 e. The molecule has 2 aromatic rings. The normalized spacial score (nSPS) is 15.9. The first-order valence-electron chi connectivity index (χ1n) is 5.06. The van der Waals surface area contributed by atoms with E-state index < -0.39 is 21.8 Å². The lowest BCUT2D eigenvalue weighted by atomic mass is 10.2. The number of imidazole rings is 1. The summed E-state index contributed by atoms with van der Waals surface area (Å²) >= 11 is 6.98. The molecule has 3 rings (SSSR count). The van der Waals surface area contributed by atoms with Crippen LogP contribution in [0, 0.1) is 6.92 Å². The quantitative estimate of drug-likeness (QED) is 0.658. The molecule has 19 heavy (non-hydrogen) atoms. The fourth-order valence-electron chi connectivity index (χ4n) is 1.76. The van der Waals surface area contributed by atoms with Crippen LogP contribution in [0.2, 0.25) is 5.02 Å². The van der Waals surface area contributed by atoms with Crippen LogP contribution < -0.4 is 0 Å². The number of aromatic nitrogens is 2. The van der Waals surface area contributed by atoms with Crippen LogP contribution in [0.4, 0.5) is 0 Å². The van der Waals surface area contributed by atoms with E-state index in [9.17, 15) is 18.6 Å². The van der Waals surface area contributed by atoms with Crippen molar-refractivity contribution in [1.29, 1.82) is 0 Å². The first-order valence-corrected chi connectivity index (χ1v) is 7.70. The molecule has 100 valence electrons. The van der Waals surface area contributed by atoms with Crippen LogP contribution in [0.3, 0.4) is 0 Å². The van der Waals surface area contributed by atoms with Crippen molar-refractivity contribution < 1.29 is 18.6 Å². The van der Waals surface area contributed by atoms with E-state index in [4.69, 9.17) is 11.6 Å². The van der Waals surface area contributed by atoms with E-state index in [1.807, 2.05) is 0 Å². The summed E-state index contributed by atoms with van der Waals surface area (Å²) < 4.78 is 25.4. The minimum atomic E-state index is -3.99. The average molecular weight is 319 g/mol. The van der Waals surface area contributed by atoms with Gasteiger partial charge in [0.1, 0.15) is 4.90 Å². The van der Waals surface area contributed by atoms with E-state index >= 15 is 0 Å². The van der Waals surface area contributed by atoms with Crippen LogP contribution in [0.1, 0.15) is 5.56 Å². The van der Waals surface area contributed by atoms with Crippen molar-refractivity contribution in [2.24, 2.45) is 0 Å². The van der Waals surface area contributed by atoms with Gasteiger partial charge >= 0.3 is 0 Å². The second kappa shape index (κ2) is 3.81. The van der Waals surface area contributed by atoms with Crippen molar-refractivity contribution in [3.63, 3.8) is 0 Å². The molecular formula is C10H7ClN2O4S2. The lowest BCUT2D eigenvalue weighted by molar-refractivity contribution is 0.381. The van der Waals surface area contributed by atoms with Gasteiger partial charge in [-0.1, -0.05) is 11.6 Å². The average Bonchev–Trinajstić information content (AvgIpc) is 2.59. The monoisotopic (exact) mass is 318 g/mol. The van der Waals surface area contributed by atoms with Crippen LogP contribution >= 0.6 is 23.4 Å². The van der Waals surface area contributed by atoms with Gasteiger partial charge in [-0.3, -0.25) is 0 Å². The zero-order chi connectivity index (χ0) is 13.9. The van der Waals surface area contributed by atoms with Crippen LogP contribution in [-0.2, 0) is 10.0 Å². The highest BCUT2D eigenvalue weighted by atomic mass is 35.5. The summed E-state index contributed by atoms with van der Waals surface area (Å²) in [5, 5.41) is 19.4. The van der Waals surface area contributed by atoms with Gasteiger partial charge in [0.2, 0.25) is 0 Å². The van der Waals surface area contributed by atoms with E-state index in [2.05, 4.69) is 4.98 Å². The molecule has 2 heterocycles. The Labute approximate surface area is 117 Å². The van der Waals surface area contributed by atoms with Gasteiger partial charge in [-0.05, 0) is 36.4 Å². The third-order valence-corrected chi connectivity index (χ3v) is 6.10. The summed E-state index contributed by atoms with van der Waals surface area (Å²) in [6.45, 7) is 1.68. The molecule has 0 bridgehead atoms. The minimum absolute atomic E-state index is 0.0255. The second-order valence-corrected chi connectivity index (χ2v) is 7.13. The third-order valence-electron chi connectivity index (χ3n) is 2.71. The van der Waals surface area contributed by atoms with Gasteiger partial charge in [0.25, 0.3) is 21.8 Å². The molecule has 0 atom stereocenters. The molecule has 0 radical (unpaired) electrons. The topological polar surface area (TPSA) is 92.4 Å². The van der Waals surface area contributed by atoms with Crippen LogP contribution in [0.15, 0.2) is 27.1 Å². The highest BCUT2D eigenvalue weighted by Crippen LogP contribution is 2.45. The van der Waals surface area contributed by atoms with Gasteiger partial charge in [0.05, 0.1) is 0 Å². The zero-order valence-corrected chi connectivity index (χ0v) is 11.8. The maximum absolute atomic E-state index is 12.4. The van der Waals surface area contributed by atoms with Crippen molar-refractivity contribution in [1.82, 2.24) is 8.96 Å². The lowest BCUT2D eigenvalue weighted by Crippen LogP contribution is -2.18. The molecule has 1 aromatic heterocycles. The first-order chi connectivity index (χ1) is 8.82. The van der Waals surface area contributed by atoms with Crippen LogP contribution in [0.5, 0.6) is 11.8 Å². The number of halogens is 1. The summed E-state index contributed by atoms with van der Waals surface area (Å²) in [7, 11) is -3.99. The summed E-state index contributed by atoms with van der Waals surface area (Å²) in [5.74, 6) is -1.51. The van der Waals surface area contributed by atoms with E-state index in [0.717, 1.165) is 11.8 Å². The van der Waals surface area contributed by atoms with Gasteiger partial charge in [0.15, 0.2) is 5.16 Å². The Morgan fingerprint density at radius 2 is 2.05 bits per heavy atom. The summed E-state index contributed by atoms with van der Waals surface area (Å²) in [5.41, 5.74) is 0.608. The summed E-state index contributed by atoms with van der Waals surface area (Å²) in [6, 6.07) is 2.96. The maximum atomic E-state index is 12.4. The van der Waals surface area contributed by atoms with E-state index in [1.165, 1.54) is 12.1 Å². The van der Waals surface area contributed by atoms with Gasteiger partial charge in [-0.25, -0.2) is 8.42 Å². The van der Waals surface area contributed by atoms with Crippen molar-refractivity contribution in [2.45, 2.75) is 21.9 Å². The van der Waals surface area contributed by atoms with E-state index in [0.29, 0.717) is 19.5 Å². The Bertz CT molecular complexity index is 813. The number of aryl methyl sites for hydroxylation is 1. The SMILES string of the molecule is Cc1cc2c(cc1Cl)Sc1nc(O)c(O)n1S2(=O)=O. The minimum Gasteiger partial charge on any atom is -0.490 e. The third kappa shape index (κ3) is 1.63. The van der Waals surface area contributed by atoms with E-state index in [-0.39, 0.29) is 10.1 Å². The van der Waals surface area contributed by atoms with Crippen LogP contribution in [-0.4, -0.2) is 27.6 Å². The molecular weight excluding hydrogens is 312 g/mol. The molecule has 0 fully saturated rings. The molecule has 6 nitrogen and oxygen atoms in total. The van der Waals surface area contributed by atoms with Crippen LogP contribution in [0.25, 0.3) is 0 Å². The number of hydrogen-bond donors (Lipinski definition) is 2. The Hall–Kier alpha value is -1.38. The Kier molecular flexibility index (Phi) is 2.54. The molecule has 0 unspecified atom stereocenters. The molecule has 9 heteroatoms. The zero-order valence-electron chi connectivity index (χ0n) is 9.45. The first kappa shape index (κ1) is 12.6. The second-order valence-electron chi connectivity index (χ2n) is 3.96. The van der Waals surface area contributed by atoms with E-state index in [1.54, 1.807) is 6.92 Å². The van der Waals surface area contributed by atoms with Crippen molar-refractivity contribution in [3.8, 4) is 11.8 Å². The predicted molar refractivity (Wildman–Crippen MR) is 68.5 cm³/mol. The molecule has 1 aliphatic rings. The molecule has 0 saturated heterocycles. The van der Waals surface area contributed by atoms with Crippen molar-refractivity contribution >= 4 is 33.4 Å². The fraction of sp³-hybridized carbons (Fsp3) is 0.100. The number of aromatic hydroxyl groups is 2. The smallest absolute Gasteiger partial charge is 0.277 e. The predicted octanol–water partition coefficient (Wildman–Crippen LogP) is 1.96. The van der Waals surface area contributed by atoms with Gasteiger partial charge in [-0.15, -0.1) is 0 Å². The highest BCUT2D eigenvalue weighted by molar-refractivity contribution is 8.01. The standard InChI is InChI=1S/C10H7ClN2O4S2/c1-4-2-7-6(3-5(4)11)18-10-12-8(14)9(15)13(10)19(7,16)17/h2-3,14-15H,1H3. The number of benzene rings is 1. The number of hydrogen-bond acceptors (Lipinski definition) is 6. The summed E-state index contributed by atoms with van der Waals surface area (Å²) in [6.07, 6.45) is 0. The number of rotatable bonds is 0. The number of nitrogens with zero attached hydrogens (tertiary/aromatic N) is 2. The molecule has 2 N–H and O–H groups in total. The Balaban J connectivity index is 2.38. The molecule has 0 saturated carbocycles. The summed E-state index contributed by atoms with van der Waals surface area (Å²) in [4.78, 5) is 4.04. The Morgan fingerprint density at radius 1 is 1.37 bits per heavy atom. The molecule has 0 amide bonds. The Morgan fingerprint density at radius 3 is 2.74 bits per heavy atom. The molecule has 0 spiro atoms. The molecule has 0 aliphatic carbocycles. The van der Waals surface area contributed by atoms with Gasteiger partial charge < -0.3 is 10.2 Å². The fourth-order valence-corrected chi connectivity index (χ4v) is 5.06. The van der Waals surface area contributed by atoms with Gasteiger partial charge in [0, 0.05) is 9.92 Å². The highest BCUT2D eigenvalue weighted by Gasteiger charge is 2.35. The van der Waals surface area contributed by atoms with Gasteiger partial charge in [-0.2, -0.15) is 8.96 Å². The van der Waals surface area contributed by atoms with Crippen molar-refractivity contribution in [3.05, 3.63) is 22.7 Å².